The summed E-state index contributed by atoms with van der Waals surface area (Å²) in [5.41, 5.74) is 2.63. The molecule has 152 valence electrons. The second-order valence-electron chi connectivity index (χ2n) is 6.58. The summed E-state index contributed by atoms with van der Waals surface area (Å²) in [6, 6.07) is 9.48. The van der Waals surface area contributed by atoms with E-state index in [1.165, 1.54) is 14.2 Å². The molecular formula is C20H26N2O5S. The van der Waals surface area contributed by atoms with Crippen molar-refractivity contribution in [3.63, 3.8) is 0 Å². The van der Waals surface area contributed by atoms with Gasteiger partial charge in [0.2, 0.25) is 15.9 Å². The minimum atomic E-state index is -3.69. The number of nitrogens with one attached hydrogen (secondary N) is 1. The fraction of sp³-hybridized carbons (Fsp3) is 0.350. The second kappa shape index (κ2) is 8.52. The van der Waals surface area contributed by atoms with Crippen LogP contribution < -0.4 is 19.1 Å². The number of nitrogens with zero attached hydrogens (tertiary/aromatic N) is 1. The molecule has 0 aliphatic heterocycles. The smallest absolute Gasteiger partial charge is 0.247 e. The molecule has 1 N–H and O–H groups in total. The molecule has 0 radical (unpaired) electrons. The van der Waals surface area contributed by atoms with Gasteiger partial charge in [-0.2, -0.15) is 0 Å². The van der Waals surface area contributed by atoms with E-state index in [1.54, 1.807) is 31.2 Å². The molecule has 2 rings (SSSR count). The lowest BCUT2D eigenvalue weighted by molar-refractivity contribution is -0.116. The highest BCUT2D eigenvalue weighted by molar-refractivity contribution is 7.92. The van der Waals surface area contributed by atoms with Crippen LogP contribution in [0.3, 0.4) is 0 Å². The van der Waals surface area contributed by atoms with Crippen molar-refractivity contribution < 1.29 is 22.7 Å². The number of benzene rings is 2. The Morgan fingerprint density at radius 3 is 2.25 bits per heavy atom. The van der Waals surface area contributed by atoms with Crippen LogP contribution in [0.4, 0.5) is 11.4 Å². The number of hydrogen-bond acceptors (Lipinski definition) is 5. The average molecular weight is 407 g/mol. The lowest BCUT2D eigenvalue weighted by atomic mass is 10.1. The van der Waals surface area contributed by atoms with E-state index < -0.39 is 22.0 Å². The number of rotatable bonds is 7. The Morgan fingerprint density at radius 1 is 1.04 bits per heavy atom. The molecule has 0 aromatic heterocycles. The zero-order valence-electron chi connectivity index (χ0n) is 16.9. The number of carbonyl (C=O) groups is 1. The van der Waals surface area contributed by atoms with Gasteiger partial charge in [-0.3, -0.25) is 9.10 Å². The highest BCUT2D eigenvalue weighted by Crippen LogP contribution is 2.30. The third-order valence-electron chi connectivity index (χ3n) is 4.34. The molecule has 0 heterocycles. The van der Waals surface area contributed by atoms with Crippen LogP contribution in [0, 0.1) is 13.8 Å². The molecule has 7 nitrogen and oxygen atoms in total. The third-order valence-corrected chi connectivity index (χ3v) is 5.57. The zero-order valence-corrected chi connectivity index (χ0v) is 17.8. The number of sulfonamides is 1. The number of methoxy groups -OCH3 is 2. The first kappa shape index (κ1) is 21.6. The van der Waals surface area contributed by atoms with Crippen LogP contribution >= 0.6 is 0 Å². The van der Waals surface area contributed by atoms with Crippen molar-refractivity contribution in [1.82, 2.24) is 0 Å². The topological polar surface area (TPSA) is 84.9 Å². The Hall–Kier alpha value is -2.74. The number of carbonyl (C=O) groups excluding carboxylic acids is 1. The van der Waals surface area contributed by atoms with Crippen molar-refractivity contribution in [1.29, 1.82) is 0 Å². The molecule has 28 heavy (non-hydrogen) atoms. The van der Waals surface area contributed by atoms with Crippen LogP contribution in [-0.2, 0) is 14.8 Å². The summed E-state index contributed by atoms with van der Waals surface area (Å²) in [4.78, 5) is 12.8. The van der Waals surface area contributed by atoms with E-state index >= 15 is 0 Å². The monoisotopic (exact) mass is 406 g/mol. The second-order valence-corrected chi connectivity index (χ2v) is 8.44. The Balaban J connectivity index is 2.36. The highest BCUT2D eigenvalue weighted by Gasteiger charge is 2.30. The molecule has 0 saturated heterocycles. The SMILES string of the molecule is COc1ccc(NC(=O)[C@H](C)N(c2cc(C)ccc2C)S(C)(=O)=O)cc1OC. The Morgan fingerprint density at radius 2 is 1.68 bits per heavy atom. The zero-order chi connectivity index (χ0) is 21.1. The number of aryl methyl sites for hydroxylation is 2. The quantitative estimate of drug-likeness (QED) is 0.764. The van der Waals surface area contributed by atoms with Crippen LogP contribution in [0.25, 0.3) is 0 Å². The molecule has 0 fully saturated rings. The average Bonchev–Trinajstić information content (AvgIpc) is 2.63. The van der Waals surface area contributed by atoms with E-state index in [0.29, 0.717) is 22.9 Å². The molecule has 0 bridgehead atoms. The molecule has 1 amide bonds. The molecular weight excluding hydrogens is 380 g/mol. The van der Waals surface area contributed by atoms with Gasteiger partial charge in [0.1, 0.15) is 6.04 Å². The summed E-state index contributed by atoms with van der Waals surface area (Å²) >= 11 is 0. The van der Waals surface area contributed by atoms with Crippen LogP contribution in [0.5, 0.6) is 11.5 Å². The Kier molecular flexibility index (Phi) is 6.56. The maximum absolute atomic E-state index is 12.8. The van der Waals surface area contributed by atoms with Crippen LogP contribution in [0.2, 0.25) is 0 Å². The Bertz CT molecular complexity index is 973. The molecule has 0 aliphatic rings. The van der Waals surface area contributed by atoms with Crippen molar-refractivity contribution in [3.05, 3.63) is 47.5 Å². The number of ether oxygens (including phenoxy) is 2. The number of hydrogen-bond donors (Lipinski definition) is 1. The van der Waals surface area contributed by atoms with Crippen molar-refractivity contribution in [2.24, 2.45) is 0 Å². The van der Waals surface area contributed by atoms with Crippen molar-refractivity contribution >= 4 is 27.3 Å². The number of anilines is 2. The first-order valence-corrected chi connectivity index (χ1v) is 10.5. The predicted molar refractivity (Wildman–Crippen MR) is 111 cm³/mol. The van der Waals surface area contributed by atoms with E-state index in [0.717, 1.165) is 21.7 Å². The van der Waals surface area contributed by atoms with E-state index in [2.05, 4.69) is 5.32 Å². The van der Waals surface area contributed by atoms with Gasteiger partial charge in [0.25, 0.3) is 0 Å². The lowest BCUT2D eigenvalue weighted by Crippen LogP contribution is -2.45. The van der Waals surface area contributed by atoms with Crippen LogP contribution in [0.15, 0.2) is 36.4 Å². The van der Waals surface area contributed by atoms with Gasteiger partial charge in [0.05, 0.1) is 26.2 Å². The third kappa shape index (κ3) is 4.75. The molecule has 2 aromatic carbocycles. The maximum Gasteiger partial charge on any atom is 0.247 e. The standard InChI is InChI=1S/C20H26N2O5S/c1-13-7-8-14(2)17(11-13)22(28(6,24)25)15(3)20(23)21-16-9-10-18(26-4)19(12-16)27-5/h7-12,15H,1-6H3,(H,21,23)/t15-/m0/s1. The van der Waals surface area contributed by atoms with Gasteiger partial charge in [0, 0.05) is 11.8 Å². The molecule has 0 unspecified atom stereocenters. The minimum Gasteiger partial charge on any atom is -0.493 e. The first-order chi connectivity index (χ1) is 13.1. The first-order valence-electron chi connectivity index (χ1n) is 8.68. The van der Waals surface area contributed by atoms with E-state index in [-0.39, 0.29) is 0 Å². The molecule has 0 saturated carbocycles. The van der Waals surface area contributed by atoms with Gasteiger partial charge in [-0.15, -0.1) is 0 Å². The van der Waals surface area contributed by atoms with Gasteiger partial charge in [-0.1, -0.05) is 12.1 Å². The summed E-state index contributed by atoms with van der Waals surface area (Å²) < 4.78 is 36.5. The summed E-state index contributed by atoms with van der Waals surface area (Å²) in [5.74, 6) is 0.530. The summed E-state index contributed by atoms with van der Waals surface area (Å²) in [6.45, 7) is 5.24. The van der Waals surface area contributed by atoms with E-state index in [1.807, 2.05) is 26.0 Å². The van der Waals surface area contributed by atoms with Gasteiger partial charge >= 0.3 is 0 Å². The molecule has 1 atom stereocenters. The summed E-state index contributed by atoms with van der Waals surface area (Å²) in [6.07, 6.45) is 1.09. The predicted octanol–water partition coefficient (Wildman–Crippen LogP) is 3.11. The number of amides is 1. The van der Waals surface area contributed by atoms with Crippen LogP contribution in [-0.4, -0.2) is 40.8 Å². The lowest BCUT2D eigenvalue weighted by Gasteiger charge is -2.29. The minimum absolute atomic E-state index is 0.460. The fourth-order valence-electron chi connectivity index (χ4n) is 2.90. The van der Waals surface area contributed by atoms with Gasteiger partial charge in [-0.05, 0) is 50.1 Å². The van der Waals surface area contributed by atoms with Crippen molar-refractivity contribution in [3.8, 4) is 11.5 Å². The fourth-order valence-corrected chi connectivity index (χ4v) is 4.12. The molecule has 0 aliphatic carbocycles. The summed E-state index contributed by atoms with van der Waals surface area (Å²) in [7, 11) is -0.671. The van der Waals surface area contributed by atoms with Gasteiger partial charge in [0.15, 0.2) is 11.5 Å². The van der Waals surface area contributed by atoms with E-state index in [9.17, 15) is 13.2 Å². The van der Waals surface area contributed by atoms with E-state index in [4.69, 9.17) is 9.47 Å². The van der Waals surface area contributed by atoms with Crippen LogP contribution in [0.1, 0.15) is 18.1 Å². The largest absolute Gasteiger partial charge is 0.493 e. The molecule has 0 spiro atoms. The van der Waals surface area contributed by atoms with Crippen molar-refractivity contribution in [2.45, 2.75) is 26.8 Å². The molecule has 8 heteroatoms. The van der Waals surface area contributed by atoms with Gasteiger partial charge in [-0.25, -0.2) is 8.42 Å². The normalized spacial score (nSPS) is 12.2. The van der Waals surface area contributed by atoms with Crippen molar-refractivity contribution in [2.75, 3.05) is 30.1 Å². The molecule has 2 aromatic rings. The van der Waals surface area contributed by atoms with Gasteiger partial charge < -0.3 is 14.8 Å². The Labute approximate surface area is 166 Å². The maximum atomic E-state index is 12.8. The summed E-state index contributed by atoms with van der Waals surface area (Å²) in [5, 5.41) is 2.74. The highest BCUT2D eigenvalue weighted by atomic mass is 32.2.